The third-order valence-electron chi connectivity index (χ3n) is 13.1. The van der Waals surface area contributed by atoms with Gasteiger partial charge in [-0.15, -0.1) is 0 Å². The largest absolute Gasteiger partial charge is 0.461 e. The lowest BCUT2D eigenvalue weighted by molar-refractivity contribution is -0.558. The Morgan fingerprint density at radius 2 is 1.02 bits per heavy atom. The van der Waals surface area contributed by atoms with Crippen LogP contribution in [-0.2, 0) is 57.6 Å². The molecule has 0 radical (unpaired) electrons. The van der Waals surface area contributed by atoms with Crippen LogP contribution in [0.1, 0.15) is 91.9 Å². The maximum absolute atomic E-state index is 14.5. The minimum atomic E-state index is -4.96. The highest BCUT2D eigenvalue weighted by Crippen LogP contribution is 2.63. The highest BCUT2D eigenvalue weighted by molar-refractivity contribution is 5.77. The Morgan fingerprint density at radius 3 is 1.39 bits per heavy atom. The van der Waals surface area contributed by atoms with Gasteiger partial charge in [0.15, 0.2) is 11.2 Å². The molecule has 6 saturated heterocycles. The fraction of sp³-hybridized carbons (Fsp3) is 0.833. The first-order chi connectivity index (χ1) is 25.3. The molecule has 2 spiro atoms. The van der Waals surface area contributed by atoms with E-state index in [0.717, 1.165) is 0 Å². The summed E-state index contributed by atoms with van der Waals surface area (Å²) in [5.41, 5.74) is -3.48. The lowest BCUT2D eigenvalue weighted by Crippen LogP contribution is -2.67. The lowest BCUT2D eigenvalue weighted by Gasteiger charge is -2.57. The van der Waals surface area contributed by atoms with E-state index in [4.69, 9.17) is 48.0 Å². The number of halogens is 6. The van der Waals surface area contributed by atoms with Gasteiger partial charge in [0.1, 0.15) is 13.2 Å². The maximum atomic E-state index is 14.5. The van der Waals surface area contributed by atoms with Gasteiger partial charge in [-0.05, 0) is 64.2 Å². The molecule has 0 aromatic carbocycles. The Balaban J connectivity index is 0.950. The molecule has 2 saturated carbocycles. The molecule has 10 rings (SSSR count). The van der Waals surface area contributed by atoms with Crippen LogP contribution in [0.4, 0.5) is 26.3 Å². The van der Waals surface area contributed by atoms with E-state index in [9.17, 15) is 35.9 Å². The van der Waals surface area contributed by atoms with Crippen LogP contribution in [-0.4, -0.2) is 72.9 Å². The third kappa shape index (κ3) is 6.03. The summed E-state index contributed by atoms with van der Waals surface area (Å²) in [5, 5.41) is 0. The Hall–Kier alpha value is -2.64. The zero-order valence-corrected chi connectivity index (χ0v) is 30.3. The standard InChI is InChI=1S/C36H44F6O12/c1-17-5-7-23-19(27(35(37,38)39)47-29-33(23)21(17)11-13-31(3,49-29)51-53-33)15-45-25(43)9-10-26(44)46-16-20-24-8-6-18(2)22-12-14-32(4)50-30(34(22,24)54-52-32)48-28(20)36(40,41)42/h17-18,21-24,29-30H,5-16H2,1-4H3/t17-,18-,21?,22?,23+,24+,29-,30-,31-,32+,33-,34-/m1/s1. The maximum Gasteiger partial charge on any atom is 0.449 e. The topological polar surface area (TPSA) is 126 Å². The number of esters is 2. The van der Waals surface area contributed by atoms with Crippen molar-refractivity contribution in [1.82, 2.24) is 0 Å². The van der Waals surface area contributed by atoms with Crippen molar-refractivity contribution in [3.8, 4) is 0 Å². The summed E-state index contributed by atoms with van der Waals surface area (Å²) in [5.74, 6) is -9.60. The number of fused-ring (bicyclic) bond motifs is 4. The lowest BCUT2D eigenvalue weighted by atomic mass is 9.59. The fourth-order valence-electron chi connectivity index (χ4n) is 10.5. The van der Waals surface area contributed by atoms with Crippen molar-refractivity contribution in [3.05, 3.63) is 22.7 Å². The first kappa shape index (κ1) is 38.2. The summed E-state index contributed by atoms with van der Waals surface area (Å²) in [6, 6.07) is 0. The van der Waals surface area contributed by atoms with Crippen molar-refractivity contribution in [2.24, 2.45) is 35.5 Å². The van der Waals surface area contributed by atoms with E-state index in [2.05, 4.69) is 0 Å². The van der Waals surface area contributed by atoms with E-state index in [1.807, 2.05) is 13.8 Å². The molecule has 2 aliphatic carbocycles. The van der Waals surface area contributed by atoms with Crippen LogP contribution in [0.25, 0.3) is 0 Å². The van der Waals surface area contributed by atoms with Crippen LogP contribution >= 0.6 is 0 Å². The van der Waals surface area contributed by atoms with Gasteiger partial charge in [-0.2, -0.15) is 26.3 Å². The first-order valence-electron chi connectivity index (χ1n) is 18.6. The van der Waals surface area contributed by atoms with Crippen LogP contribution in [0, 0.1) is 35.5 Å². The van der Waals surface area contributed by atoms with Gasteiger partial charge < -0.3 is 28.4 Å². The van der Waals surface area contributed by atoms with E-state index in [1.54, 1.807) is 13.8 Å². The van der Waals surface area contributed by atoms with Crippen molar-refractivity contribution < 1.29 is 83.9 Å². The van der Waals surface area contributed by atoms with Crippen LogP contribution in [0.5, 0.6) is 0 Å². The Morgan fingerprint density at radius 1 is 0.630 bits per heavy atom. The Bertz CT molecular complexity index is 1500. The van der Waals surface area contributed by atoms with Gasteiger partial charge in [-0.25, -0.2) is 19.6 Å². The first-order valence-corrected chi connectivity index (χ1v) is 18.6. The van der Waals surface area contributed by atoms with Crippen molar-refractivity contribution in [1.29, 1.82) is 0 Å². The number of alkyl halides is 6. The molecule has 0 aromatic heterocycles. The predicted octanol–water partition coefficient (Wildman–Crippen LogP) is 6.98. The van der Waals surface area contributed by atoms with E-state index < -0.39 is 109 Å². The molecule has 4 bridgehead atoms. The predicted molar refractivity (Wildman–Crippen MR) is 165 cm³/mol. The summed E-state index contributed by atoms with van der Waals surface area (Å²) >= 11 is 0. The molecular weight excluding hydrogens is 738 g/mol. The van der Waals surface area contributed by atoms with Crippen LogP contribution in [0.3, 0.4) is 0 Å². The minimum Gasteiger partial charge on any atom is -0.461 e. The second-order valence-corrected chi connectivity index (χ2v) is 16.5. The van der Waals surface area contributed by atoms with Crippen molar-refractivity contribution in [2.75, 3.05) is 13.2 Å². The highest BCUT2D eigenvalue weighted by atomic mass is 19.4. The summed E-state index contributed by atoms with van der Waals surface area (Å²) in [7, 11) is 0. The van der Waals surface area contributed by atoms with Crippen LogP contribution in [0.15, 0.2) is 22.7 Å². The summed E-state index contributed by atoms with van der Waals surface area (Å²) < 4.78 is 120. The van der Waals surface area contributed by atoms with Gasteiger partial charge in [0, 0.05) is 47.7 Å². The average molecular weight is 783 g/mol. The van der Waals surface area contributed by atoms with E-state index in [-0.39, 0.29) is 47.7 Å². The van der Waals surface area contributed by atoms with Crippen molar-refractivity contribution >= 4 is 11.9 Å². The van der Waals surface area contributed by atoms with Crippen molar-refractivity contribution in [3.63, 3.8) is 0 Å². The minimum absolute atomic E-state index is 0.0504. The second kappa shape index (κ2) is 12.9. The van der Waals surface area contributed by atoms with E-state index in [0.29, 0.717) is 38.5 Å². The molecule has 10 aliphatic rings. The van der Waals surface area contributed by atoms with Crippen LogP contribution < -0.4 is 0 Å². The molecule has 8 fully saturated rings. The molecule has 0 N–H and O–H groups in total. The van der Waals surface area contributed by atoms with Gasteiger partial charge >= 0.3 is 24.3 Å². The quantitative estimate of drug-likeness (QED) is 0.150. The number of hydrogen-bond donors (Lipinski definition) is 0. The Kier molecular flexibility index (Phi) is 9.17. The molecule has 12 atom stereocenters. The van der Waals surface area contributed by atoms with E-state index >= 15 is 0 Å². The molecular formula is C36H44F6O12. The second-order valence-electron chi connectivity index (χ2n) is 16.5. The molecule has 18 heteroatoms. The molecule has 0 aromatic rings. The summed E-state index contributed by atoms with van der Waals surface area (Å²) in [6.07, 6.45) is -10.5. The van der Waals surface area contributed by atoms with Crippen molar-refractivity contribution in [2.45, 2.75) is 140 Å². The van der Waals surface area contributed by atoms with Gasteiger partial charge in [0.2, 0.25) is 35.7 Å². The number of carbonyl (C=O) groups excluding carboxylic acids is 2. The molecule has 302 valence electrons. The van der Waals surface area contributed by atoms with Gasteiger partial charge in [-0.1, -0.05) is 13.8 Å². The van der Waals surface area contributed by atoms with Crippen LogP contribution in [0.2, 0.25) is 0 Å². The smallest absolute Gasteiger partial charge is 0.449 e. The van der Waals surface area contributed by atoms with E-state index in [1.165, 1.54) is 0 Å². The zero-order chi connectivity index (χ0) is 38.6. The number of allylic oxidation sites excluding steroid dienone is 2. The third-order valence-corrected chi connectivity index (χ3v) is 13.1. The molecule has 0 amide bonds. The monoisotopic (exact) mass is 782 g/mol. The van der Waals surface area contributed by atoms with Gasteiger partial charge in [-0.3, -0.25) is 9.59 Å². The highest BCUT2D eigenvalue weighted by Gasteiger charge is 2.72. The Labute approximate surface area is 306 Å². The SMILES string of the molecule is C[C@@H]1CC[C@H]2C(COC(=O)CCC(=O)OCC3=C(C(F)(F)F)O[C@@H]4O[C@]5(C)CCC6[C@H](C)CC[C@@H]3[C@]64OO5)=C(C(F)(F)F)O[C@@H]3O[C@@]4(C)CCC1[C@]32OO4. The molecule has 8 heterocycles. The fourth-order valence-corrected chi connectivity index (χ4v) is 10.5. The normalized spacial score (nSPS) is 44.0. The van der Waals surface area contributed by atoms with Gasteiger partial charge in [0.05, 0.1) is 12.8 Å². The number of hydrogen-bond acceptors (Lipinski definition) is 12. The zero-order valence-electron chi connectivity index (χ0n) is 30.3. The molecule has 12 nitrogen and oxygen atoms in total. The molecule has 54 heavy (non-hydrogen) atoms. The average Bonchev–Trinajstić information content (AvgIpc) is 3.47. The molecule has 2 unspecified atom stereocenters. The molecule has 8 aliphatic heterocycles. The number of carbonyl (C=O) groups is 2. The number of rotatable bonds is 7. The number of ether oxygens (including phenoxy) is 6. The summed E-state index contributed by atoms with van der Waals surface area (Å²) in [4.78, 5) is 48.9. The summed E-state index contributed by atoms with van der Waals surface area (Å²) in [6.45, 7) is 5.51. The van der Waals surface area contributed by atoms with Gasteiger partial charge in [0.25, 0.3) is 0 Å².